The summed E-state index contributed by atoms with van der Waals surface area (Å²) in [6.07, 6.45) is -4.07. The van der Waals surface area contributed by atoms with E-state index in [1.54, 1.807) is 86.4 Å². The molecule has 0 radical (unpaired) electrons. The van der Waals surface area contributed by atoms with Crippen LogP contribution in [0, 0.1) is 0 Å². The van der Waals surface area contributed by atoms with Crippen molar-refractivity contribution >= 4 is 65.2 Å². The summed E-state index contributed by atoms with van der Waals surface area (Å²) in [4.78, 5) is 36.4. The number of carbonyl (C=O) groups is 2. The second-order valence-corrected chi connectivity index (χ2v) is 30.8. The van der Waals surface area contributed by atoms with Crippen molar-refractivity contribution < 1.29 is 71.7 Å². The topological polar surface area (TPSA) is 196 Å². The number of hydrogen-bond donors (Lipinski definition) is 2. The molecule has 4 aromatic carbocycles. The van der Waals surface area contributed by atoms with Gasteiger partial charge in [-0.1, -0.05) is 24.3 Å². The molecule has 6 aromatic rings. The number of carbonyl (C=O) groups excluding carboxylic acids is 2. The largest absolute Gasteiger partial charge is 0.487 e. The first kappa shape index (κ1) is 65.8. The van der Waals surface area contributed by atoms with Crippen LogP contribution in [0.4, 0.5) is 46.2 Å². The number of piperidine rings is 2. The predicted molar refractivity (Wildman–Crippen MR) is 324 cm³/mol. The number of hydrogen-bond acceptors (Lipinski definition) is 14. The lowest BCUT2D eigenvalue weighted by Crippen LogP contribution is -2.41. The maximum atomic E-state index is 13.9. The minimum atomic E-state index is -4.52. The van der Waals surface area contributed by atoms with Crippen molar-refractivity contribution in [1.82, 2.24) is 19.8 Å². The molecular weight excluding hydrogens is 1230 g/mol. The van der Waals surface area contributed by atoms with E-state index in [-0.39, 0.29) is 43.7 Å². The van der Waals surface area contributed by atoms with Gasteiger partial charge in [0.2, 0.25) is 0 Å². The fourth-order valence-corrected chi connectivity index (χ4v) is 15.3. The number of fused-ring (bicyclic) bond motifs is 2. The SMILES string of the molecule is CC(C)(C)OC(=O)N1CCC(c2cc(C(F)(F)F)ccc2[C@@H]2CC(C)(C)Oc3cc(S(=O)(=O)Nc4nccs4)ccc32)CC1.CC(C)(C)OC(=O)N1CCC(c2cc(C(F)(F)F)ccc2[C@H]2CC(C)(C)Oc3cc(S(=O)(=O)Nc4nccs4)ccc32)CC1. The molecule has 0 spiro atoms. The number of alkyl halides is 6. The second kappa shape index (κ2) is 24.6. The highest BCUT2D eigenvalue weighted by Crippen LogP contribution is 2.51. The molecule has 2 amide bonds. The first-order chi connectivity index (χ1) is 40.8. The second-order valence-electron chi connectivity index (χ2n) is 25.7. The normalized spacial score (nSPS) is 19.2. The van der Waals surface area contributed by atoms with Crippen LogP contribution in [0.1, 0.15) is 176 Å². The monoisotopic (exact) mass is 1300 g/mol. The van der Waals surface area contributed by atoms with Crippen LogP contribution in [0.2, 0.25) is 0 Å². The molecule has 4 aliphatic rings. The zero-order chi connectivity index (χ0) is 64.2. The van der Waals surface area contributed by atoms with Crippen LogP contribution in [-0.4, -0.2) is 97.4 Å². The predicted octanol–water partition coefficient (Wildman–Crippen LogP) is 15.5. The summed E-state index contributed by atoms with van der Waals surface area (Å²) in [6.45, 7) is 19.7. The number of ether oxygens (including phenoxy) is 4. The van der Waals surface area contributed by atoms with Crippen LogP contribution >= 0.6 is 22.7 Å². The van der Waals surface area contributed by atoms with Crippen molar-refractivity contribution in [3.8, 4) is 11.5 Å². The lowest BCUT2D eigenvalue weighted by molar-refractivity contribution is -0.138. The van der Waals surface area contributed by atoms with Crippen LogP contribution in [-0.2, 0) is 41.9 Å². The van der Waals surface area contributed by atoms with Crippen molar-refractivity contribution in [3.05, 3.63) is 140 Å². The Balaban J connectivity index is 0.000000209. The summed E-state index contributed by atoms with van der Waals surface area (Å²) >= 11 is 2.30. The number of nitrogens with zero attached hydrogens (tertiary/aromatic N) is 4. The number of nitrogens with one attached hydrogen (secondary N) is 2. The average molecular weight is 1300 g/mol. The number of thiazole rings is 2. The Labute approximate surface area is 517 Å². The lowest BCUT2D eigenvalue weighted by Gasteiger charge is -2.40. The first-order valence-electron chi connectivity index (χ1n) is 28.7. The summed E-state index contributed by atoms with van der Waals surface area (Å²) < 4.78 is 164. The number of sulfonamides is 2. The summed E-state index contributed by atoms with van der Waals surface area (Å²) in [7, 11) is -7.91. The van der Waals surface area contributed by atoms with E-state index >= 15 is 0 Å². The molecule has 2 saturated heterocycles. The van der Waals surface area contributed by atoms with Crippen molar-refractivity contribution in [2.45, 2.75) is 176 Å². The van der Waals surface area contributed by atoms with Crippen LogP contribution in [0.15, 0.2) is 106 Å². The van der Waals surface area contributed by atoms with Gasteiger partial charge in [-0.3, -0.25) is 9.44 Å². The standard InChI is InChI=1S/2C31H36F3N3O5S2/c2*1-29(2,3)42-28(38)37-13-10-19(11-14-37)24-16-20(31(32,33)34)6-8-22(24)25-18-30(4,5)41-26-17-21(7-9-23(25)26)44(39,40)36-27-35-12-15-43-27/h2*6-9,12,15-17,19,25H,10-11,13-14,18H2,1-5H3,(H,35,36)/t2*25-/m10/s1. The quantitative estimate of drug-likeness (QED) is 0.123. The van der Waals surface area contributed by atoms with E-state index in [1.807, 2.05) is 27.7 Å². The number of halogens is 6. The molecule has 2 N–H and O–H groups in total. The van der Waals surface area contributed by atoms with Gasteiger partial charge in [-0.2, -0.15) is 26.3 Å². The fraction of sp³-hybridized carbons (Fsp3) is 0.484. The molecule has 476 valence electrons. The maximum Gasteiger partial charge on any atom is 0.416 e. The van der Waals surface area contributed by atoms with Crippen molar-refractivity contribution in [3.63, 3.8) is 0 Å². The Hall–Kier alpha value is -6.64. The van der Waals surface area contributed by atoms with Gasteiger partial charge in [-0.05, 0) is 178 Å². The van der Waals surface area contributed by atoms with E-state index in [2.05, 4.69) is 19.4 Å². The molecule has 10 rings (SSSR count). The number of amides is 2. The molecule has 2 aromatic heterocycles. The molecule has 0 saturated carbocycles. The van der Waals surface area contributed by atoms with Crippen molar-refractivity contribution in [2.75, 3.05) is 35.6 Å². The minimum absolute atomic E-state index is 0.00921. The average Bonchev–Trinajstić information content (AvgIpc) is 0.961. The highest BCUT2D eigenvalue weighted by Gasteiger charge is 2.42. The zero-order valence-electron chi connectivity index (χ0n) is 50.4. The molecule has 6 heterocycles. The van der Waals surface area contributed by atoms with E-state index in [9.17, 15) is 52.8 Å². The van der Waals surface area contributed by atoms with Gasteiger partial charge in [0.15, 0.2) is 10.3 Å². The Kier molecular flexibility index (Phi) is 18.4. The minimum Gasteiger partial charge on any atom is -0.487 e. The van der Waals surface area contributed by atoms with Crippen molar-refractivity contribution in [1.29, 1.82) is 0 Å². The van der Waals surface area contributed by atoms with Gasteiger partial charge in [0.1, 0.15) is 33.9 Å². The van der Waals surface area contributed by atoms with Crippen LogP contribution in [0.5, 0.6) is 11.5 Å². The zero-order valence-corrected chi connectivity index (χ0v) is 53.7. The molecule has 26 heteroatoms. The van der Waals surface area contributed by atoms with E-state index < -0.39 is 78.1 Å². The summed E-state index contributed by atoms with van der Waals surface area (Å²) in [5.74, 6) is -0.417. The highest BCUT2D eigenvalue weighted by atomic mass is 32.2. The Morgan fingerprint density at radius 2 is 0.875 bits per heavy atom. The summed E-state index contributed by atoms with van der Waals surface area (Å²) in [5.41, 5.74) is -0.188. The third kappa shape index (κ3) is 15.8. The van der Waals surface area contributed by atoms with Crippen LogP contribution in [0.3, 0.4) is 0 Å². The number of benzene rings is 4. The molecule has 2 fully saturated rings. The Morgan fingerprint density at radius 1 is 0.534 bits per heavy atom. The van der Waals surface area contributed by atoms with Gasteiger partial charge in [0.25, 0.3) is 20.0 Å². The van der Waals surface area contributed by atoms with Gasteiger partial charge in [-0.15, -0.1) is 22.7 Å². The molecule has 16 nitrogen and oxygen atoms in total. The van der Waals surface area contributed by atoms with Crippen LogP contribution < -0.4 is 18.9 Å². The van der Waals surface area contributed by atoms with Crippen LogP contribution in [0.25, 0.3) is 0 Å². The van der Waals surface area contributed by atoms with E-state index in [0.29, 0.717) is 98.5 Å². The molecular formula is C62H72F6N6O10S4. The van der Waals surface area contributed by atoms with Crippen molar-refractivity contribution in [2.24, 2.45) is 0 Å². The lowest BCUT2D eigenvalue weighted by atomic mass is 9.75. The van der Waals surface area contributed by atoms with Gasteiger partial charge in [0, 0.05) is 84.4 Å². The summed E-state index contributed by atoms with van der Waals surface area (Å²) in [6, 6.07) is 17.0. The Bertz CT molecular complexity index is 3490. The fourth-order valence-electron chi connectivity index (χ4n) is 11.7. The molecule has 2 atom stereocenters. The van der Waals surface area contributed by atoms with E-state index in [4.69, 9.17) is 18.9 Å². The number of rotatable bonds is 10. The van der Waals surface area contributed by atoms with Gasteiger partial charge in [0.05, 0.1) is 20.9 Å². The number of aromatic nitrogens is 2. The third-order valence-corrected chi connectivity index (χ3v) is 19.9. The van der Waals surface area contributed by atoms with Gasteiger partial charge < -0.3 is 28.7 Å². The number of likely N-dealkylation sites (tertiary alicyclic amines) is 2. The molecule has 0 bridgehead atoms. The first-order valence-corrected chi connectivity index (χ1v) is 33.4. The number of anilines is 2. The van der Waals surface area contributed by atoms with E-state index in [1.165, 1.54) is 48.8 Å². The molecule has 0 aliphatic carbocycles. The molecule has 88 heavy (non-hydrogen) atoms. The highest BCUT2D eigenvalue weighted by molar-refractivity contribution is 7.93. The summed E-state index contributed by atoms with van der Waals surface area (Å²) in [5, 5.41) is 3.77. The Morgan fingerprint density at radius 3 is 1.18 bits per heavy atom. The smallest absolute Gasteiger partial charge is 0.416 e. The third-order valence-electron chi connectivity index (χ3n) is 15.6. The van der Waals surface area contributed by atoms with Gasteiger partial charge >= 0.3 is 24.5 Å². The molecule has 4 aliphatic heterocycles. The maximum absolute atomic E-state index is 13.9. The van der Waals surface area contributed by atoms with Gasteiger partial charge in [-0.25, -0.2) is 36.4 Å². The molecule has 0 unspecified atom stereocenters. The van der Waals surface area contributed by atoms with E-state index in [0.717, 1.165) is 45.9 Å².